The fraction of sp³-hybridized carbons (Fsp3) is 0.684. The molecular formula is C38H56N2O22. The van der Waals surface area contributed by atoms with E-state index in [0.717, 1.165) is 69.2 Å². The zero-order chi connectivity index (χ0) is 47.7. The lowest BCUT2D eigenvalue weighted by Gasteiger charge is -2.34. The molecule has 24 nitrogen and oxygen atoms in total. The minimum Gasteiger partial charge on any atom is -0.462 e. The Morgan fingerprint density at radius 1 is 0.323 bits per heavy atom. The molecule has 24 heteroatoms. The van der Waals surface area contributed by atoms with Gasteiger partial charge in [-0.1, -0.05) is 12.8 Å². The second-order valence-corrected chi connectivity index (χ2v) is 13.3. The van der Waals surface area contributed by atoms with Crippen LogP contribution in [-0.2, 0) is 105 Å². The normalized spacial score (nSPS) is 14.4. The molecule has 2 amide bonds. The molecule has 0 aromatic heterocycles. The molecule has 0 rings (SSSR count). The quantitative estimate of drug-likeness (QED) is 0.0588. The van der Waals surface area contributed by atoms with Crippen molar-refractivity contribution in [2.24, 2.45) is 0 Å². The lowest BCUT2D eigenvalue weighted by Crippen LogP contribution is -2.57. The van der Waals surface area contributed by atoms with E-state index in [1.54, 1.807) is 0 Å². The Morgan fingerprint density at radius 3 is 0.823 bits per heavy atom. The third-order valence-electron chi connectivity index (χ3n) is 7.53. The second kappa shape index (κ2) is 29.0. The monoisotopic (exact) mass is 892 g/mol. The lowest BCUT2D eigenvalue weighted by atomic mass is 10.0. The van der Waals surface area contributed by atoms with E-state index in [0.29, 0.717) is 12.8 Å². The summed E-state index contributed by atoms with van der Waals surface area (Å²) in [6.07, 6.45) is -13.3. The number of amides is 2. The highest BCUT2D eigenvalue weighted by molar-refractivity contribution is 5.85. The van der Waals surface area contributed by atoms with Crippen LogP contribution in [0, 0.1) is 0 Å². The lowest BCUT2D eigenvalue weighted by molar-refractivity contribution is -0.203. The maximum atomic E-state index is 13.4. The molecule has 0 aromatic carbocycles. The van der Waals surface area contributed by atoms with Crippen LogP contribution in [0.25, 0.3) is 0 Å². The highest BCUT2D eigenvalue weighted by atomic mass is 16.7. The Hall–Kier alpha value is -6.36. The van der Waals surface area contributed by atoms with Gasteiger partial charge < -0.3 is 58.0 Å². The second-order valence-electron chi connectivity index (χ2n) is 13.3. The number of ether oxygens (including phenoxy) is 10. The van der Waals surface area contributed by atoms with E-state index < -0.39 is 134 Å². The molecule has 0 heterocycles. The largest absolute Gasteiger partial charge is 0.462 e. The summed E-state index contributed by atoms with van der Waals surface area (Å²) in [5.74, 6) is -11.6. The summed E-state index contributed by atoms with van der Waals surface area (Å²) in [4.78, 5) is 147. The Balaban J connectivity index is 6.00. The molecule has 0 aliphatic heterocycles. The van der Waals surface area contributed by atoms with Crippen molar-refractivity contribution in [2.75, 3.05) is 26.3 Å². The fourth-order valence-corrected chi connectivity index (χ4v) is 5.42. The third-order valence-corrected chi connectivity index (χ3v) is 7.53. The van der Waals surface area contributed by atoms with Gasteiger partial charge in [-0.2, -0.15) is 0 Å². The van der Waals surface area contributed by atoms with Gasteiger partial charge in [0.05, 0.1) is 0 Å². The van der Waals surface area contributed by atoms with E-state index >= 15 is 0 Å². The number of hydrogen-bond acceptors (Lipinski definition) is 22. The summed E-state index contributed by atoms with van der Waals surface area (Å²) in [5, 5.41) is 5.03. The first-order valence-electron chi connectivity index (χ1n) is 19.1. The van der Waals surface area contributed by atoms with Crippen molar-refractivity contribution in [1.29, 1.82) is 0 Å². The van der Waals surface area contributed by atoms with Crippen LogP contribution in [-0.4, -0.2) is 147 Å². The molecule has 0 bridgehead atoms. The maximum Gasteiger partial charge on any atom is 0.303 e. The Morgan fingerprint density at radius 2 is 0.581 bits per heavy atom. The third kappa shape index (κ3) is 24.0. The summed E-state index contributed by atoms with van der Waals surface area (Å²) < 4.78 is 51.6. The molecule has 62 heavy (non-hydrogen) atoms. The van der Waals surface area contributed by atoms with Gasteiger partial charge in [0.2, 0.25) is 12.2 Å². The first-order valence-corrected chi connectivity index (χ1v) is 19.1. The van der Waals surface area contributed by atoms with Gasteiger partial charge in [-0.25, -0.2) is 0 Å². The Labute approximate surface area is 356 Å². The van der Waals surface area contributed by atoms with Crippen LogP contribution in [0.15, 0.2) is 0 Å². The van der Waals surface area contributed by atoms with E-state index in [-0.39, 0.29) is 25.9 Å². The molecule has 0 saturated heterocycles. The van der Waals surface area contributed by atoms with Gasteiger partial charge in [0.15, 0.2) is 36.6 Å². The summed E-state index contributed by atoms with van der Waals surface area (Å²) in [5.41, 5.74) is 0. The number of esters is 10. The molecule has 0 saturated carbocycles. The van der Waals surface area contributed by atoms with Crippen molar-refractivity contribution in [3.63, 3.8) is 0 Å². The SMILES string of the molecule is CC(=O)OC[C@@H](OC(C)=O)[C@@H](OC(C)=O)[C@H](OC(C)=O)[C@@H](OC(C)=O)C(=O)NCCCCCCNC(=O)[C@H](OC(C)=O)[C@@H](OC(C)=O)[C@H](OC(C)=O)[C@@H](COC(C)=O)OC(C)=O. The molecule has 2 N–H and O–H groups in total. The van der Waals surface area contributed by atoms with E-state index in [9.17, 15) is 57.5 Å². The number of carbonyl (C=O) groups is 12. The van der Waals surface area contributed by atoms with E-state index in [1.807, 2.05) is 0 Å². The van der Waals surface area contributed by atoms with Gasteiger partial charge >= 0.3 is 59.7 Å². The molecular weight excluding hydrogens is 836 g/mol. The van der Waals surface area contributed by atoms with Gasteiger partial charge in [0, 0.05) is 82.3 Å². The minimum atomic E-state index is -1.97. The average molecular weight is 893 g/mol. The number of carbonyl (C=O) groups excluding carboxylic acids is 12. The number of nitrogens with one attached hydrogen (secondary N) is 2. The highest BCUT2D eigenvalue weighted by Gasteiger charge is 2.48. The molecule has 0 radical (unpaired) electrons. The fourth-order valence-electron chi connectivity index (χ4n) is 5.42. The van der Waals surface area contributed by atoms with Crippen molar-refractivity contribution in [2.45, 2.75) is 144 Å². The molecule has 0 unspecified atom stereocenters. The predicted molar refractivity (Wildman–Crippen MR) is 202 cm³/mol. The van der Waals surface area contributed by atoms with Gasteiger partial charge in [-0.05, 0) is 12.8 Å². The molecule has 0 aliphatic carbocycles. The zero-order valence-electron chi connectivity index (χ0n) is 36.3. The molecule has 0 spiro atoms. The average Bonchev–Trinajstić information content (AvgIpc) is 3.12. The number of rotatable bonds is 27. The van der Waals surface area contributed by atoms with Crippen LogP contribution in [0.4, 0.5) is 0 Å². The van der Waals surface area contributed by atoms with Crippen molar-refractivity contribution >= 4 is 71.5 Å². The summed E-state index contributed by atoms with van der Waals surface area (Å²) in [6, 6.07) is 0. The first-order chi connectivity index (χ1) is 28.8. The van der Waals surface area contributed by atoms with Crippen LogP contribution in [0.3, 0.4) is 0 Å². The van der Waals surface area contributed by atoms with E-state index in [2.05, 4.69) is 10.6 Å². The van der Waals surface area contributed by atoms with Crippen LogP contribution in [0.5, 0.6) is 0 Å². The zero-order valence-corrected chi connectivity index (χ0v) is 36.3. The van der Waals surface area contributed by atoms with Gasteiger partial charge in [-0.3, -0.25) is 57.5 Å². The van der Waals surface area contributed by atoms with Crippen LogP contribution in [0.2, 0.25) is 0 Å². The van der Waals surface area contributed by atoms with Crippen LogP contribution < -0.4 is 10.6 Å². The molecule has 350 valence electrons. The predicted octanol–water partition coefficient (Wildman–Crippen LogP) is -0.641. The van der Waals surface area contributed by atoms with Crippen molar-refractivity contribution < 1.29 is 105 Å². The Kier molecular flexibility index (Phi) is 26.0. The topological polar surface area (TPSA) is 321 Å². The van der Waals surface area contributed by atoms with Crippen molar-refractivity contribution in [3.05, 3.63) is 0 Å². The van der Waals surface area contributed by atoms with Gasteiger partial charge in [-0.15, -0.1) is 0 Å². The summed E-state index contributed by atoms with van der Waals surface area (Å²) >= 11 is 0. The van der Waals surface area contributed by atoms with Crippen molar-refractivity contribution in [3.8, 4) is 0 Å². The summed E-state index contributed by atoms with van der Waals surface area (Å²) in [7, 11) is 0. The standard InChI is InChI=1S/C38H56N2O22/c1-19(41)53-17-29(55-21(3)43)31(57-23(5)45)33(59-25(7)47)35(61-27(9)49)37(51)39-15-13-11-12-14-16-40-38(52)36(62-28(10)50)34(60-26(8)48)32(58-24(6)46)30(56-22(4)44)18-54-20(2)42/h29-36H,11-18H2,1-10H3,(H,39,51)(H,40,52)/t29-,30-,31-,32-,33+,34+,35-,36-/m1/s1. The Bertz CT molecular complexity index is 1500. The van der Waals surface area contributed by atoms with E-state index in [1.165, 1.54) is 0 Å². The van der Waals surface area contributed by atoms with Crippen LogP contribution in [0.1, 0.15) is 94.9 Å². The van der Waals surface area contributed by atoms with Gasteiger partial charge in [0.25, 0.3) is 11.8 Å². The van der Waals surface area contributed by atoms with Gasteiger partial charge in [0.1, 0.15) is 13.2 Å². The molecule has 8 atom stereocenters. The minimum absolute atomic E-state index is 0.0538. The smallest absolute Gasteiger partial charge is 0.303 e. The van der Waals surface area contributed by atoms with Crippen LogP contribution >= 0.6 is 0 Å². The first kappa shape index (κ1) is 55.6. The van der Waals surface area contributed by atoms with E-state index in [4.69, 9.17) is 47.4 Å². The summed E-state index contributed by atoms with van der Waals surface area (Å²) in [6.45, 7) is 8.22. The maximum absolute atomic E-state index is 13.4. The van der Waals surface area contributed by atoms with Crippen molar-refractivity contribution in [1.82, 2.24) is 10.6 Å². The molecule has 0 aromatic rings. The molecule has 0 aliphatic rings. The highest BCUT2D eigenvalue weighted by Crippen LogP contribution is 2.22. The number of unbranched alkanes of at least 4 members (excludes halogenated alkanes) is 3. The number of hydrogen-bond donors (Lipinski definition) is 2. The molecule has 0 fully saturated rings.